The Balaban J connectivity index is 2.08. The summed E-state index contributed by atoms with van der Waals surface area (Å²) in [6.07, 6.45) is 0.974. The van der Waals surface area contributed by atoms with Gasteiger partial charge in [0.05, 0.1) is 18.3 Å². The summed E-state index contributed by atoms with van der Waals surface area (Å²) in [6, 6.07) is 14.2. The number of hydrogen-bond donors (Lipinski definition) is 2. The van der Waals surface area contributed by atoms with Crippen molar-refractivity contribution in [2.75, 3.05) is 18.5 Å². The van der Waals surface area contributed by atoms with Crippen LogP contribution in [0.25, 0.3) is 0 Å². The molecule has 1 atom stereocenters. The molecule has 0 spiro atoms. The van der Waals surface area contributed by atoms with Crippen molar-refractivity contribution in [3.05, 3.63) is 59.9 Å². The van der Waals surface area contributed by atoms with Gasteiger partial charge in [-0.15, -0.1) is 0 Å². The highest BCUT2D eigenvalue weighted by atomic mass is 19.1. The van der Waals surface area contributed by atoms with Gasteiger partial charge in [0, 0.05) is 6.54 Å². The van der Waals surface area contributed by atoms with Crippen LogP contribution in [-0.4, -0.2) is 13.2 Å². The third kappa shape index (κ3) is 4.20. The summed E-state index contributed by atoms with van der Waals surface area (Å²) in [5, 5.41) is 3.14. The Morgan fingerprint density at radius 3 is 2.48 bits per heavy atom. The van der Waals surface area contributed by atoms with Crippen LogP contribution in [0.2, 0.25) is 0 Å². The Hall–Kier alpha value is -2.07. The third-order valence-corrected chi connectivity index (χ3v) is 3.19. The Kier molecular flexibility index (Phi) is 5.58. The summed E-state index contributed by atoms with van der Waals surface area (Å²) in [5.74, 6) is 0.557. The van der Waals surface area contributed by atoms with Crippen LogP contribution in [0.3, 0.4) is 0 Å². The maximum atomic E-state index is 13.7. The molecule has 2 rings (SSSR count). The summed E-state index contributed by atoms with van der Waals surface area (Å²) in [4.78, 5) is 0. The Labute approximate surface area is 124 Å². The molecule has 2 aromatic rings. The molecule has 4 heteroatoms. The van der Waals surface area contributed by atoms with E-state index >= 15 is 0 Å². The smallest absolute Gasteiger partial charge is 0.146 e. The first-order valence-corrected chi connectivity index (χ1v) is 7.18. The van der Waals surface area contributed by atoms with Gasteiger partial charge in [-0.05, 0) is 36.2 Å². The van der Waals surface area contributed by atoms with Gasteiger partial charge in [0.2, 0.25) is 0 Å². The number of halogens is 1. The van der Waals surface area contributed by atoms with Crippen LogP contribution in [0.1, 0.15) is 24.9 Å². The zero-order valence-electron chi connectivity index (χ0n) is 12.2. The first-order valence-electron chi connectivity index (χ1n) is 7.18. The van der Waals surface area contributed by atoms with Gasteiger partial charge in [0.15, 0.2) is 0 Å². The molecular formula is C17H21FN2O. The Morgan fingerprint density at radius 2 is 1.86 bits per heavy atom. The zero-order chi connectivity index (χ0) is 15.1. The highest BCUT2D eigenvalue weighted by Gasteiger charge is 2.11. The van der Waals surface area contributed by atoms with Crippen LogP contribution in [0.4, 0.5) is 10.1 Å². The SMILES string of the molecule is CCCOc1ccc(C(CN)Nc2ccccc2F)cc1. The number of anilines is 1. The largest absolute Gasteiger partial charge is 0.494 e. The monoisotopic (exact) mass is 288 g/mol. The van der Waals surface area contributed by atoms with E-state index in [4.69, 9.17) is 10.5 Å². The second-order valence-corrected chi connectivity index (χ2v) is 4.83. The van der Waals surface area contributed by atoms with Gasteiger partial charge in [0.25, 0.3) is 0 Å². The highest BCUT2D eigenvalue weighted by Crippen LogP contribution is 2.23. The van der Waals surface area contributed by atoms with Crippen molar-refractivity contribution >= 4 is 5.69 Å². The lowest BCUT2D eigenvalue weighted by molar-refractivity contribution is 0.317. The fourth-order valence-corrected chi connectivity index (χ4v) is 2.06. The van der Waals surface area contributed by atoms with Gasteiger partial charge in [-0.2, -0.15) is 0 Å². The average Bonchev–Trinajstić information content (AvgIpc) is 2.53. The van der Waals surface area contributed by atoms with E-state index in [1.165, 1.54) is 6.07 Å². The van der Waals surface area contributed by atoms with Gasteiger partial charge in [-0.1, -0.05) is 31.2 Å². The minimum absolute atomic E-state index is 0.137. The molecule has 1 unspecified atom stereocenters. The second-order valence-electron chi connectivity index (χ2n) is 4.83. The van der Waals surface area contributed by atoms with E-state index in [-0.39, 0.29) is 11.9 Å². The molecule has 0 aromatic heterocycles. The number of hydrogen-bond acceptors (Lipinski definition) is 3. The fraction of sp³-hybridized carbons (Fsp3) is 0.294. The van der Waals surface area contributed by atoms with Gasteiger partial charge < -0.3 is 15.8 Å². The average molecular weight is 288 g/mol. The van der Waals surface area contributed by atoms with E-state index in [1.807, 2.05) is 24.3 Å². The molecule has 0 saturated carbocycles. The molecule has 0 bridgehead atoms. The van der Waals surface area contributed by atoms with E-state index in [1.54, 1.807) is 18.2 Å². The minimum atomic E-state index is -0.279. The molecule has 3 N–H and O–H groups in total. The molecule has 0 aliphatic rings. The van der Waals surface area contributed by atoms with E-state index in [0.717, 1.165) is 17.7 Å². The third-order valence-electron chi connectivity index (χ3n) is 3.19. The molecule has 0 aliphatic heterocycles. The number of nitrogens with two attached hydrogens (primary N) is 1. The van der Waals surface area contributed by atoms with Crippen molar-refractivity contribution in [3.63, 3.8) is 0 Å². The van der Waals surface area contributed by atoms with Gasteiger partial charge in [0.1, 0.15) is 11.6 Å². The molecule has 3 nitrogen and oxygen atoms in total. The highest BCUT2D eigenvalue weighted by molar-refractivity contribution is 5.47. The Bertz CT molecular complexity index is 557. The molecule has 0 radical (unpaired) electrons. The Morgan fingerprint density at radius 1 is 1.14 bits per heavy atom. The van der Waals surface area contributed by atoms with Crippen molar-refractivity contribution in [2.24, 2.45) is 5.73 Å². The number of nitrogens with one attached hydrogen (secondary N) is 1. The first-order chi connectivity index (χ1) is 10.2. The lowest BCUT2D eigenvalue weighted by Gasteiger charge is -2.19. The van der Waals surface area contributed by atoms with Crippen molar-refractivity contribution in [3.8, 4) is 5.75 Å². The second kappa shape index (κ2) is 7.64. The van der Waals surface area contributed by atoms with Crippen LogP contribution >= 0.6 is 0 Å². The van der Waals surface area contributed by atoms with Crippen LogP contribution in [0.5, 0.6) is 5.75 Å². The molecular weight excluding hydrogens is 267 g/mol. The maximum absolute atomic E-state index is 13.7. The van der Waals surface area contributed by atoms with Gasteiger partial charge >= 0.3 is 0 Å². The summed E-state index contributed by atoms with van der Waals surface area (Å²) < 4.78 is 19.2. The van der Waals surface area contributed by atoms with Crippen molar-refractivity contribution in [1.82, 2.24) is 0 Å². The maximum Gasteiger partial charge on any atom is 0.146 e. The molecule has 2 aromatic carbocycles. The van der Waals surface area contributed by atoms with Crippen LogP contribution in [0.15, 0.2) is 48.5 Å². The van der Waals surface area contributed by atoms with E-state index < -0.39 is 0 Å². The molecule has 0 fully saturated rings. The van der Waals surface area contributed by atoms with Crippen LogP contribution in [0, 0.1) is 5.82 Å². The quantitative estimate of drug-likeness (QED) is 0.816. The number of benzene rings is 2. The van der Waals surface area contributed by atoms with E-state index in [0.29, 0.717) is 18.8 Å². The summed E-state index contributed by atoms with van der Waals surface area (Å²) in [5.41, 5.74) is 7.27. The van der Waals surface area contributed by atoms with Crippen molar-refractivity contribution in [1.29, 1.82) is 0 Å². The normalized spacial score (nSPS) is 12.0. The van der Waals surface area contributed by atoms with E-state index in [9.17, 15) is 4.39 Å². The molecule has 0 heterocycles. The number of ether oxygens (including phenoxy) is 1. The summed E-state index contributed by atoms with van der Waals surface area (Å²) in [7, 11) is 0. The van der Waals surface area contributed by atoms with Gasteiger partial charge in [-0.25, -0.2) is 4.39 Å². The van der Waals surface area contributed by atoms with E-state index in [2.05, 4.69) is 12.2 Å². The summed E-state index contributed by atoms with van der Waals surface area (Å²) >= 11 is 0. The molecule has 21 heavy (non-hydrogen) atoms. The van der Waals surface area contributed by atoms with Gasteiger partial charge in [-0.3, -0.25) is 0 Å². The molecule has 112 valence electrons. The predicted octanol–water partition coefficient (Wildman–Crippen LogP) is 3.73. The fourth-order valence-electron chi connectivity index (χ4n) is 2.06. The van der Waals surface area contributed by atoms with Crippen molar-refractivity contribution < 1.29 is 9.13 Å². The number of para-hydroxylation sites is 1. The standard InChI is InChI=1S/C17H21FN2O/c1-2-11-21-14-9-7-13(8-10-14)17(12-19)20-16-6-4-3-5-15(16)18/h3-10,17,20H,2,11-12,19H2,1H3. The molecule has 0 saturated heterocycles. The predicted molar refractivity (Wildman–Crippen MR) is 84.0 cm³/mol. The van der Waals surface area contributed by atoms with Crippen molar-refractivity contribution in [2.45, 2.75) is 19.4 Å². The van der Waals surface area contributed by atoms with Crippen LogP contribution < -0.4 is 15.8 Å². The summed E-state index contributed by atoms with van der Waals surface area (Å²) in [6.45, 7) is 3.15. The molecule has 0 aliphatic carbocycles. The topological polar surface area (TPSA) is 47.3 Å². The lowest BCUT2D eigenvalue weighted by Crippen LogP contribution is -2.21. The first kappa shape index (κ1) is 15.3. The zero-order valence-corrected chi connectivity index (χ0v) is 12.2. The molecule has 0 amide bonds. The minimum Gasteiger partial charge on any atom is -0.494 e. The lowest BCUT2D eigenvalue weighted by atomic mass is 10.1. The van der Waals surface area contributed by atoms with Crippen LogP contribution in [-0.2, 0) is 0 Å². The number of rotatable bonds is 7.